The van der Waals surface area contributed by atoms with E-state index >= 15 is 0 Å². The lowest BCUT2D eigenvalue weighted by Crippen LogP contribution is -2.35. The molecule has 0 saturated carbocycles. The third-order valence-corrected chi connectivity index (χ3v) is 5.59. The molecule has 0 spiro atoms. The average Bonchev–Trinajstić information content (AvgIpc) is 2.72. The van der Waals surface area contributed by atoms with E-state index < -0.39 is 5.97 Å². The number of carboxylic acids is 1. The Labute approximate surface area is 179 Å². The molecule has 1 unspecified atom stereocenters. The van der Waals surface area contributed by atoms with Gasteiger partial charge in [0.25, 0.3) is 5.91 Å². The summed E-state index contributed by atoms with van der Waals surface area (Å²) in [5.41, 5.74) is 1.68. The van der Waals surface area contributed by atoms with Gasteiger partial charge in [-0.05, 0) is 61.2 Å². The van der Waals surface area contributed by atoms with Crippen LogP contribution in [0.15, 0.2) is 48.5 Å². The number of hydrogen-bond donors (Lipinski definition) is 2. The number of piperidine rings is 1. The Morgan fingerprint density at radius 2 is 2.03 bits per heavy atom. The molecule has 1 aromatic heterocycles. The molecule has 0 bridgehead atoms. The van der Waals surface area contributed by atoms with Gasteiger partial charge in [-0.1, -0.05) is 24.6 Å². The van der Waals surface area contributed by atoms with E-state index in [0.29, 0.717) is 38.9 Å². The number of pyridine rings is 1. The fourth-order valence-electron chi connectivity index (χ4n) is 3.86. The minimum absolute atomic E-state index is 0.173. The van der Waals surface area contributed by atoms with Crippen molar-refractivity contribution < 1.29 is 14.7 Å². The van der Waals surface area contributed by atoms with Gasteiger partial charge in [0.15, 0.2) is 0 Å². The van der Waals surface area contributed by atoms with E-state index in [9.17, 15) is 14.7 Å². The number of carbonyl (C=O) groups is 2. The molecule has 0 aliphatic carbocycles. The van der Waals surface area contributed by atoms with Crippen molar-refractivity contribution in [3.8, 4) is 0 Å². The van der Waals surface area contributed by atoms with Crippen LogP contribution in [0, 0.1) is 5.92 Å². The van der Waals surface area contributed by atoms with Crippen molar-refractivity contribution in [1.82, 2.24) is 4.98 Å². The fourth-order valence-corrected chi connectivity index (χ4v) is 4.05. The fraction of sp³-hybridized carbons (Fsp3) is 0.261. The molecule has 7 heteroatoms. The number of benzene rings is 2. The first-order valence-corrected chi connectivity index (χ1v) is 10.3. The summed E-state index contributed by atoms with van der Waals surface area (Å²) in [4.78, 5) is 31.3. The van der Waals surface area contributed by atoms with E-state index in [1.54, 1.807) is 48.5 Å². The normalized spacial score (nSPS) is 16.5. The predicted molar refractivity (Wildman–Crippen MR) is 119 cm³/mol. The maximum absolute atomic E-state index is 12.5. The van der Waals surface area contributed by atoms with Crippen LogP contribution in [0.25, 0.3) is 10.9 Å². The molecule has 154 valence electrons. The molecule has 1 atom stereocenters. The van der Waals surface area contributed by atoms with Crippen LogP contribution in [0.5, 0.6) is 0 Å². The summed E-state index contributed by atoms with van der Waals surface area (Å²) in [6.45, 7) is 3.93. The Hall–Kier alpha value is -3.12. The molecule has 1 saturated heterocycles. The van der Waals surface area contributed by atoms with Gasteiger partial charge in [-0.2, -0.15) is 0 Å². The predicted octanol–water partition coefficient (Wildman–Crippen LogP) is 5.08. The van der Waals surface area contributed by atoms with E-state index in [1.807, 2.05) is 0 Å². The van der Waals surface area contributed by atoms with Gasteiger partial charge in [0.1, 0.15) is 5.82 Å². The molecule has 2 N–H and O–H groups in total. The van der Waals surface area contributed by atoms with Crippen LogP contribution in [0.4, 0.5) is 11.5 Å². The van der Waals surface area contributed by atoms with E-state index in [2.05, 4.69) is 17.1 Å². The molecular formula is C23H22ClN3O3. The molecule has 1 amide bonds. The van der Waals surface area contributed by atoms with Crippen molar-refractivity contribution in [2.45, 2.75) is 19.8 Å². The van der Waals surface area contributed by atoms with E-state index in [0.717, 1.165) is 19.5 Å². The van der Waals surface area contributed by atoms with Gasteiger partial charge in [0, 0.05) is 34.7 Å². The number of anilines is 2. The zero-order chi connectivity index (χ0) is 21.3. The molecule has 2 aromatic carbocycles. The Balaban J connectivity index is 1.68. The van der Waals surface area contributed by atoms with Gasteiger partial charge in [-0.15, -0.1) is 0 Å². The highest BCUT2D eigenvalue weighted by Gasteiger charge is 2.21. The molecule has 30 heavy (non-hydrogen) atoms. The second kappa shape index (κ2) is 8.32. The van der Waals surface area contributed by atoms with E-state index in [4.69, 9.17) is 16.6 Å². The van der Waals surface area contributed by atoms with Gasteiger partial charge in [-0.25, -0.2) is 9.78 Å². The zero-order valence-corrected chi connectivity index (χ0v) is 17.3. The SMILES string of the molecule is CC1CCCN(c2cc(C(=O)O)c3cc(NC(=O)c4cccc(Cl)c4)ccc3n2)C1. The van der Waals surface area contributed by atoms with Crippen LogP contribution >= 0.6 is 11.6 Å². The Morgan fingerprint density at radius 3 is 2.77 bits per heavy atom. The number of nitrogens with zero attached hydrogens (tertiary/aromatic N) is 2. The summed E-state index contributed by atoms with van der Waals surface area (Å²) in [5.74, 6) is -0.108. The third-order valence-electron chi connectivity index (χ3n) is 5.35. The van der Waals surface area contributed by atoms with Crippen molar-refractivity contribution in [2.75, 3.05) is 23.3 Å². The van der Waals surface area contributed by atoms with Crippen molar-refractivity contribution in [1.29, 1.82) is 0 Å². The number of hydrogen-bond acceptors (Lipinski definition) is 4. The monoisotopic (exact) mass is 423 g/mol. The molecule has 6 nitrogen and oxygen atoms in total. The largest absolute Gasteiger partial charge is 0.478 e. The molecule has 1 fully saturated rings. The lowest BCUT2D eigenvalue weighted by Gasteiger charge is -2.32. The van der Waals surface area contributed by atoms with Crippen LogP contribution in [-0.4, -0.2) is 35.1 Å². The van der Waals surface area contributed by atoms with E-state index in [-0.39, 0.29) is 11.5 Å². The highest BCUT2D eigenvalue weighted by atomic mass is 35.5. The van der Waals surface area contributed by atoms with Crippen molar-refractivity contribution in [3.05, 3.63) is 64.7 Å². The summed E-state index contributed by atoms with van der Waals surface area (Å²) in [6.07, 6.45) is 2.24. The van der Waals surface area contributed by atoms with Gasteiger partial charge in [0.2, 0.25) is 0 Å². The molecule has 4 rings (SSSR count). The van der Waals surface area contributed by atoms with Crippen molar-refractivity contribution >= 4 is 45.9 Å². The number of carboxylic acid groups (broad SMARTS) is 1. The molecule has 1 aliphatic heterocycles. The number of halogens is 1. The Morgan fingerprint density at radius 1 is 1.20 bits per heavy atom. The number of carbonyl (C=O) groups excluding carboxylic acids is 1. The number of rotatable bonds is 4. The molecule has 1 aliphatic rings. The number of amides is 1. The second-order valence-corrected chi connectivity index (χ2v) is 8.16. The number of aromatic nitrogens is 1. The third kappa shape index (κ3) is 4.24. The summed E-state index contributed by atoms with van der Waals surface area (Å²) in [7, 11) is 0. The maximum Gasteiger partial charge on any atom is 0.336 e. The first-order chi connectivity index (χ1) is 14.4. The summed E-state index contributed by atoms with van der Waals surface area (Å²) in [5, 5.41) is 13.5. The average molecular weight is 424 g/mol. The molecule has 0 radical (unpaired) electrons. The second-order valence-electron chi connectivity index (χ2n) is 7.72. The number of fused-ring (bicyclic) bond motifs is 1. The highest BCUT2D eigenvalue weighted by Crippen LogP contribution is 2.28. The Bertz CT molecular complexity index is 1130. The number of nitrogens with one attached hydrogen (secondary N) is 1. The molecular weight excluding hydrogens is 402 g/mol. The van der Waals surface area contributed by atoms with Gasteiger partial charge in [0.05, 0.1) is 11.1 Å². The van der Waals surface area contributed by atoms with Crippen molar-refractivity contribution in [3.63, 3.8) is 0 Å². The first-order valence-electron chi connectivity index (χ1n) is 9.90. The van der Waals surface area contributed by atoms with Gasteiger partial charge in [-0.3, -0.25) is 4.79 Å². The maximum atomic E-state index is 12.5. The van der Waals surface area contributed by atoms with E-state index in [1.165, 1.54) is 6.42 Å². The van der Waals surface area contributed by atoms with Gasteiger partial charge < -0.3 is 15.3 Å². The summed E-state index contributed by atoms with van der Waals surface area (Å²) < 4.78 is 0. The first kappa shape index (κ1) is 20.2. The lowest BCUT2D eigenvalue weighted by molar-refractivity contribution is 0.0698. The lowest BCUT2D eigenvalue weighted by atomic mass is 10.00. The standard InChI is InChI=1S/C23H22ClN3O3/c1-14-4-3-9-27(13-14)21-12-19(23(29)30)18-11-17(7-8-20(18)26-21)25-22(28)15-5-2-6-16(24)10-15/h2,5-8,10-12,14H,3-4,9,13H2,1H3,(H,25,28)(H,29,30). The van der Waals surface area contributed by atoms with Crippen LogP contribution in [0.1, 0.15) is 40.5 Å². The van der Waals surface area contributed by atoms with Crippen LogP contribution in [0.2, 0.25) is 5.02 Å². The number of aromatic carboxylic acids is 1. The Kier molecular flexibility index (Phi) is 5.59. The molecule has 2 heterocycles. The topological polar surface area (TPSA) is 82.5 Å². The van der Waals surface area contributed by atoms with Crippen molar-refractivity contribution in [2.24, 2.45) is 5.92 Å². The smallest absolute Gasteiger partial charge is 0.336 e. The molecule has 3 aromatic rings. The minimum atomic E-state index is -1.02. The van der Waals surface area contributed by atoms with Crippen LogP contribution < -0.4 is 10.2 Å². The minimum Gasteiger partial charge on any atom is -0.478 e. The highest BCUT2D eigenvalue weighted by molar-refractivity contribution is 6.31. The van der Waals surface area contributed by atoms with Gasteiger partial charge >= 0.3 is 5.97 Å². The summed E-state index contributed by atoms with van der Waals surface area (Å²) >= 11 is 5.96. The van der Waals surface area contributed by atoms with Crippen LogP contribution in [-0.2, 0) is 0 Å². The summed E-state index contributed by atoms with van der Waals surface area (Å²) in [6, 6.07) is 13.4. The quantitative estimate of drug-likeness (QED) is 0.611. The zero-order valence-electron chi connectivity index (χ0n) is 16.6. The van der Waals surface area contributed by atoms with Crippen LogP contribution in [0.3, 0.4) is 0 Å².